The molecule has 166 valence electrons. The van der Waals surface area contributed by atoms with Gasteiger partial charge in [-0.25, -0.2) is 4.79 Å². The standard InChI is InChI=1S/C25H31BrN2O3/c1-24(2,3)31-23(29)27-13-14-28(25(18-27)11-12-25)16-20-15-21(26)9-10-22(20)30-17-19-7-5-4-6-8-19/h4-10,15H,11-14,16-18H2,1-3H3. The first kappa shape index (κ1) is 22.2. The lowest BCUT2D eigenvalue weighted by molar-refractivity contribution is -0.00256. The monoisotopic (exact) mass is 486 g/mol. The normalized spacial score (nSPS) is 18.1. The molecule has 1 saturated carbocycles. The van der Waals surface area contributed by atoms with Gasteiger partial charge < -0.3 is 14.4 Å². The largest absolute Gasteiger partial charge is 0.489 e. The predicted octanol–water partition coefficient (Wildman–Crippen LogP) is 5.61. The van der Waals surface area contributed by atoms with Gasteiger partial charge in [0.25, 0.3) is 0 Å². The van der Waals surface area contributed by atoms with Crippen molar-refractivity contribution in [2.45, 2.75) is 57.9 Å². The van der Waals surface area contributed by atoms with Crippen LogP contribution in [0.3, 0.4) is 0 Å². The molecule has 2 aromatic rings. The highest BCUT2D eigenvalue weighted by atomic mass is 79.9. The fraction of sp³-hybridized carbons (Fsp3) is 0.480. The number of carbonyl (C=O) groups excluding carboxylic acids is 1. The number of nitrogens with zero attached hydrogens (tertiary/aromatic N) is 2. The molecule has 5 nitrogen and oxygen atoms in total. The number of carbonyl (C=O) groups is 1. The molecule has 2 fully saturated rings. The van der Waals surface area contributed by atoms with E-state index in [0.29, 0.717) is 13.2 Å². The van der Waals surface area contributed by atoms with Crippen molar-refractivity contribution in [1.29, 1.82) is 0 Å². The fourth-order valence-electron chi connectivity index (χ4n) is 4.11. The zero-order chi connectivity index (χ0) is 22.1. The summed E-state index contributed by atoms with van der Waals surface area (Å²) in [6.45, 7) is 9.36. The lowest BCUT2D eigenvalue weighted by Gasteiger charge is -2.42. The third-order valence-electron chi connectivity index (χ3n) is 5.90. The average Bonchev–Trinajstić information content (AvgIpc) is 3.48. The summed E-state index contributed by atoms with van der Waals surface area (Å²) >= 11 is 3.61. The molecule has 0 N–H and O–H groups in total. The molecule has 1 aliphatic heterocycles. The molecule has 31 heavy (non-hydrogen) atoms. The van der Waals surface area contributed by atoms with E-state index in [1.807, 2.05) is 56.0 Å². The molecule has 1 heterocycles. The molecule has 1 saturated heterocycles. The van der Waals surface area contributed by atoms with Crippen LogP contribution < -0.4 is 4.74 Å². The molecule has 0 aromatic heterocycles. The van der Waals surface area contributed by atoms with Crippen molar-refractivity contribution in [3.63, 3.8) is 0 Å². The third-order valence-corrected chi connectivity index (χ3v) is 6.39. The summed E-state index contributed by atoms with van der Waals surface area (Å²) in [5.41, 5.74) is 1.92. The third kappa shape index (κ3) is 5.60. The van der Waals surface area contributed by atoms with Crippen LogP contribution in [0.5, 0.6) is 5.75 Å². The predicted molar refractivity (Wildman–Crippen MR) is 125 cm³/mol. The number of rotatable bonds is 5. The first-order valence-corrected chi connectivity index (χ1v) is 11.7. The quantitative estimate of drug-likeness (QED) is 0.550. The number of amides is 1. The smallest absolute Gasteiger partial charge is 0.410 e. The number of hydrogen-bond acceptors (Lipinski definition) is 4. The van der Waals surface area contributed by atoms with Gasteiger partial charge in [0.15, 0.2) is 0 Å². The molecule has 1 amide bonds. The van der Waals surface area contributed by atoms with Crippen LogP contribution in [0.1, 0.15) is 44.7 Å². The SMILES string of the molecule is CC(C)(C)OC(=O)N1CCN(Cc2cc(Br)ccc2OCc2ccccc2)C2(CC2)C1. The van der Waals surface area contributed by atoms with Crippen molar-refractivity contribution < 1.29 is 14.3 Å². The Balaban J connectivity index is 1.44. The molecule has 0 bridgehead atoms. The van der Waals surface area contributed by atoms with Gasteiger partial charge in [-0.1, -0.05) is 46.3 Å². The second-order valence-electron chi connectivity index (χ2n) is 9.57. The number of piperazine rings is 1. The molecule has 2 aromatic carbocycles. The van der Waals surface area contributed by atoms with Crippen molar-refractivity contribution in [2.24, 2.45) is 0 Å². The Morgan fingerprint density at radius 3 is 2.52 bits per heavy atom. The number of hydrogen-bond donors (Lipinski definition) is 0. The Morgan fingerprint density at radius 1 is 1.10 bits per heavy atom. The molecule has 2 aliphatic rings. The maximum absolute atomic E-state index is 12.6. The van der Waals surface area contributed by atoms with E-state index in [1.165, 1.54) is 5.56 Å². The second-order valence-corrected chi connectivity index (χ2v) is 10.5. The Bertz CT molecular complexity index is 922. The van der Waals surface area contributed by atoms with Crippen molar-refractivity contribution in [3.8, 4) is 5.75 Å². The molecule has 0 radical (unpaired) electrons. The van der Waals surface area contributed by atoms with Gasteiger partial charge in [-0.2, -0.15) is 0 Å². The second kappa shape index (κ2) is 8.83. The van der Waals surface area contributed by atoms with E-state index >= 15 is 0 Å². The number of halogens is 1. The maximum atomic E-state index is 12.6. The lowest BCUT2D eigenvalue weighted by Crippen LogP contribution is -2.56. The van der Waals surface area contributed by atoms with Crippen LogP contribution in [-0.2, 0) is 17.9 Å². The van der Waals surface area contributed by atoms with E-state index in [2.05, 4.69) is 39.0 Å². The van der Waals surface area contributed by atoms with Gasteiger partial charge in [-0.05, 0) is 57.4 Å². The minimum absolute atomic E-state index is 0.0637. The van der Waals surface area contributed by atoms with Gasteiger partial charge in [-0.15, -0.1) is 0 Å². The fourth-order valence-corrected chi connectivity index (χ4v) is 4.52. The summed E-state index contributed by atoms with van der Waals surface area (Å²) in [6, 6.07) is 16.4. The Morgan fingerprint density at radius 2 is 1.84 bits per heavy atom. The van der Waals surface area contributed by atoms with Gasteiger partial charge in [0.2, 0.25) is 0 Å². The molecule has 1 aliphatic carbocycles. The molecular formula is C25H31BrN2O3. The zero-order valence-corrected chi connectivity index (χ0v) is 20.2. The Hall–Kier alpha value is -2.05. The summed E-state index contributed by atoms with van der Waals surface area (Å²) in [5.74, 6) is 0.914. The topological polar surface area (TPSA) is 42.0 Å². The zero-order valence-electron chi connectivity index (χ0n) is 18.6. The van der Waals surface area contributed by atoms with E-state index in [0.717, 1.165) is 48.3 Å². The highest BCUT2D eigenvalue weighted by molar-refractivity contribution is 9.10. The summed E-state index contributed by atoms with van der Waals surface area (Å²) in [4.78, 5) is 17.0. The van der Waals surface area contributed by atoms with Gasteiger partial charge >= 0.3 is 6.09 Å². The van der Waals surface area contributed by atoms with Crippen LogP contribution in [0.4, 0.5) is 4.79 Å². The van der Waals surface area contributed by atoms with Crippen LogP contribution in [0.2, 0.25) is 0 Å². The molecule has 0 unspecified atom stereocenters. The molecule has 4 rings (SSSR count). The van der Waals surface area contributed by atoms with E-state index in [1.54, 1.807) is 0 Å². The van der Waals surface area contributed by atoms with Crippen LogP contribution in [0, 0.1) is 0 Å². The van der Waals surface area contributed by atoms with Gasteiger partial charge in [0.05, 0.1) is 0 Å². The van der Waals surface area contributed by atoms with Crippen molar-refractivity contribution in [3.05, 3.63) is 64.1 Å². The minimum Gasteiger partial charge on any atom is -0.489 e. The summed E-state index contributed by atoms with van der Waals surface area (Å²) < 4.78 is 12.8. The molecule has 1 spiro atoms. The highest BCUT2D eigenvalue weighted by Gasteiger charge is 2.52. The number of ether oxygens (including phenoxy) is 2. The lowest BCUT2D eigenvalue weighted by atomic mass is 10.1. The van der Waals surface area contributed by atoms with E-state index in [-0.39, 0.29) is 11.6 Å². The van der Waals surface area contributed by atoms with Gasteiger partial charge in [0, 0.05) is 41.8 Å². The van der Waals surface area contributed by atoms with Crippen LogP contribution in [0.25, 0.3) is 0 Å². The summed E-state index contributed by atoms with van der Waals surface area (Å²) in [5, 5.41) is 0. The minimum atomic E-state index is -0.466. The Labute approximate surface area is 193 Å². The number of benzene rings is 2. The Kier molecular flexibility index (Phi) is 6.31. The molecule has 6 heteroatoms. The van der Waals surface area contributed by atoms with Crippen LogP contribution in [0.15, 0.2) is 53.0 Å². The van der Waals surface area contributed by atoms with Crippen molar-refractivity contribution in [2.75, 3.05) is 19.6 Å². The van der Waals surface area contributed by atoms with E-state index in [4.69, 9.17) is 9.47 Å². The first-order valence-electron chi connectivity index (χ1n) is 10.9. The van der Waals surface area contributed by atoms with Gasteiger partial charge in [0.1, 0.15) is 18.0 Å². The van der Waals surface area contributed by atoms with Crippen molar-refractivity contribution >= 4 is 22.0 Å². The summed E-state index contributed by atoms with van der Waals surface area (Å²) in [6.07, 6.45) is 2.02. The van der Waals surface area contributed by atoms with E-state index < -0.39 is 5.60 Å². The van der Waals surface area contributed by atoms with Gasteiger partial charge in [-0.3, -0.25) is 4.90 Å². The first-order chi connectivity index (χ1) is 14.7. The highest BCUT2D eigenvalue weighted by Crippen LogP contribution is 2.45. The average molecular weight is 487 g/mol. The van der Waals surface area contributed by atoms with Crippen LogP contribution >= 0.6 is 15.9 Å². The molecule has 0 atom stereocenters. The summed E-state index contributed by atoms with van der Waals surface area (Å²) in [7, 11) is 0. The van der Waals surface area contributed by atoms with E-state index in [9.17, 15) is 4.79 Å². The maximum Gasteiger partial charge on any atom is 0.410 e. The molecular weight excluding hydrogens is 456 g/mol. The van der Waals surface area contributed by atoms with Crippen LogP contribution in [-0.4, -0.2) is 46.7 Å². The van der Waals surface area contributed by atoms with Crippen molar-refractivity contribution in [1.82, 2.24) is 9.80 Å².